The van der Waals surface area contributed by atoms with Gasteiger partial charge in [-0.1, -0.05) is 12.7 Å². The monoisotopic (exact) mass is 222 g/mol. The molecule has 16 heavy (non-hydrogen) atoms. The van der Waals surface area contributed by atoms with Crippen LogP contribution in [-0.4, -0.2) is 29.3 Å². The number of carbonyl (C=O) groups excluding carboxylic acids is 2. The van der Waals surface area contributed by atoms with E-state index in [0.717, 1.165) is 12.2 Å². The van der Waals surface area contributed by atoms with Crippen molar-refractivity contribution in [2.75, 3.05) is 6.54 Å². The maximum atomic E-state index is 11.7. The molecule has 88 valence electrons. The summed E-state index contributed by atoms with van der Waals surface area (Å²) in [7, 11) is 0. The van der Waals surface area contributed by atoms with E-state index < -0.39 is 0 Å². The summed E-state index contributed by atoms with van der Waals surface area (Å²) in [6.07, 6.45) is 4.56. The molecule has 4 heteroatoms. The Morgan fingerprint density at radius 1 is 1.62 bits per heavy atom. The number of rotatable bonds is 4. The molecule has 0 aromatic carbocycles. The van der Waals surface area contributed by atoms with E-state index >= 15 is 0 Å². The van der Waals surface area contributed by atoms with Crippen molar-refractivity contribution in [3.8, 4) is 0 Å². The molecule has 0 radical (unpaired) electrons. The number of amides is 2. The number of imide groups is 1. The third-order valence-electron chi connectivity index (χ3n) is 2.74. The normalized spacial score (nSPS) is 21.6. The van der Waals surface area contributed by atoms with E-state index in [0.29, 0.717) is 12.8 Å². The van der Waals surface area contributed by atoms with Gasteiger partial charge in [-0.3, -0.25) is 14.9 Å². The molecule has 1 N–H and O–H groups in total. The van der Waals surface area contributed by atoms with Crippen LogP contribution in [0.2, 0.25) is 0 Å². The molecule has 0 bridgehead atoms. The Morgan fingerprint density at radius 2 is 2.31 bits per heavy atom. The van der Waals surface area contributed by atoms with Gasteiger partial charge in [0.15, 0.2) is 0 Å². The topological polar surface area (TPSA) is 49.4 Å². The van der Waals surface area contributed by atoms with Gasteiger partial charge < -0.3 is 4.90 Å². The molecule has 1 atom stereocenters. The molecular formula is C12H18N2O2. The maximum Gasteiger partial charge on any atom is 0.249 e. The van der Waals surface area contributed by atoms with Crippen molar-refractivity contribution in [3.05, 3.63) is 24.4 Å². The molecule has 1 unspecified atom stereocenters. The zero-order chi connectivity index (χ0) is 12.1. The van der Waals surface area contributed by atoms with Gasteiger partial charge in [0, 0.05) is 18.7 Å². The van der Waals surface area contributed by atoms with E-state index in [1.54, 1.807) is 6.08 Å². The molecule has 1 rings (SSSR count). The molecule has 0 spiro atoms. The van der Waals surface area contributed by atoms with Gasteiger partial charge >= 0.3 is 0 Å². The first-order chi connectivity index (χ1) is 7.60. The minimum Gasteiger partial charge on any atom is -0.363 e. The molecule has 0 aliphatic carbocycles. The van der Waals surface area contributed by atoms with Crippen molar-refractivity contribution >= 4 is 11.8 Å². The van der Waals surface area contributed by atoms with Crippen LogP contribution in [0.5, 0.6) is 0 Å². The fourth-order valence-corrected chi connectivity index (χ4v) is 1.96. The van der Waals surface area contributed by atoms with Gasteiger partial charge in [-0.15, -0.1) is 0 Å². The van der Waals surface area contributed by atoms with Crippen molar-refractivity contribution in [1.82, 2.24) is 10.2 Å². The highest BCUT2D eigenvalue weighted by atomic mass is 16.2. The lowest BCUT2D eigenvalue weighted by atomic mass is 10.0. The number of nitrogens with zero attached hydrogens (tertiary/aromatic N) is 1. The van der Waals surface area contributed by atoms with Crippen LogP contribution in [0, 0.1) is 0 Å². The predicted molar refractivity (Wildman–Crippen MR) is 62.5 cm³/mol. The van der Waals surface area contributed by atoms with Crippen LogP contribution in [0.3, 0.4) is 0 Å². The quantitative estimate of drug-likeness (QED) is 0.574. The number of nitrogens with one attached hydrogen (secondary N) is 1. The lowest BCUT2D eigenvalue weighted by molar-refractivity contribution is -0.136. The summed E-state index contributed by atoms with van der Waals surface area (Å²) in [4.78, 5) is 24.7. The van der Waals surface area contributed by atoms with E-state index in [1.165, 1.54) is 0 Å². The highest BCUT2D eigenvalue weighted by molar-refractivity contribution is 6.00. The summed E-state index contributed by atoms with van der Waals surface area (Å²) >= 11 is 0. The summed E-state index contributed by atoms with van der Waals surface area (Å²) in [5, 5.41) is 2.37. The molecular weight excluding hydrogens is 204 g/mol. The van der Waals surface area contributed by atoms with E-state index in [-0.39, 0.29) is 17.9 Å². The zero-order valence-electron chi connectivity index (χ0n) is 9.82. The number of carbonyl (C=O) groups is 2. The highest BCUT2D eigenvalue weighted by Gasteiger charge is 2.30. The van der Waals surface area contributed by atoms with E-state index in [4.69, 9.17) is 0 Å². The fourth-order valence-electron chi connectivity index (χ4n) is 1.96. The summed E-state index contributed by atoms with van der Waals surface area (Å²) in [6.45, 7) is 8.30. The minimum atomic E-state index is -0.237. The summed E-state index contributed by atoms with van der Waals surface area (Å²) in [6, 6.07) is -0.237. The molecule has 1 fully saturated rings. The van der Waals surface area contributed by atoms with Crippen LogP contribution < -0.4 is 5.32 Å². The van der Waals surface area contributed by atoms with Gasteiger partial charge in [0.1, 0.15) is 6.04 Å². The fraction of sp³-hybridized carbons (Fsp3) is 0.500. The first kappa shape index (κ1) is 12.5. The second-order valence-electron chi connectivity index (χ2n) is 3.80. The first-order valence-electron chi connectivity index (χ1n) is 5.49. The molecule has 4 nitrogen and oxygen atoms in total. The van der Waals surface area contributed by atoms with Crippen LogP contribution in [0.4, 0.5) is 0 Å². The van der Waals surface area contributed by atoms with Gasteiger partial charge in [-0.2, -0.15) is 0 Å². The molecule has 2 amide bonds. The van der Waals surface area contributed by atoms with Crippen molar-refractivity contribution < 1.29 is 9.59 Å². The van der Waals surface area contributed by atoms with E-state index in [1.807, 2.05) is 24.8 Å². The Kier molecular flexibility index (Phi) is 4.28. The summed E-state index contributed by atoms with van der Waals surface area (Å²) in [5.74, 6) is -0.377. The van der Waals surface area contributed by atoms with Crippen LogP contribution in [-0.2, 0) is 9.59 Å². The third-order valence-corrected chi connectivity index (χ3v) is 2.74. The SMILES string of the molecule is C=C/C=C(\C)N(CC)C1CCC(=O)NC1=O. The van der Waals surface area contributed by atoms with Gasteiger partial charge in [-0.25, -0.2) is 0 Å². The second-order valence-corrected chi connectivity index (χ2v) is 3.80. The first-order valence-corrected chi connectivity index (χ1v) is 5.49. The molecule has 1 heterocycles. The van der Waals surface area contributed by atoms with Crippen LogP contribution in [0.1, 0.15) is 26.7 Å². The highest BCUT2D eigenvalue weighted by Crippen LogP contribution is 2.16. The molecule has 1 aliphatic rings. The molecule has 0 saturated carbocycles. The Bertz CT molecular complexity index is 334. The lowest BCUT2D eigenvalue weighted by Gasteiger charge is -2.34. The average Bonchev–Trinajstić information content (AvgIpc) is 2.22. The van der Waals surface area contributed by atoms with Crippen LogP contribution in [0.15, 0.2) is 24.4 Å². The van der Waals surface area contributed by atoms with Crippen LogP contribution in [0.25, 0.3) is 0 Å². The van der Waals surface area contributed by atoms with Crippen molar-refractivity contribution in [1.29, 1.82) is 0 Å². The third kappa shape index (κ3) is 2.72. The van der Waals surface area contributed by atoms with Crippen molar-refractivity contribution in [3.63, 3.8) is 0 Å². The van der Waals surface area contributed by atoms with Crippen molar-refractivity contribution in [2.45, 2.75) is 32.7 Å². The molecule has 0 aromatic heterocycles. The smallest absolute Gasteiger partial charge is 0.249 e. The Morgan fingerprint density at radius 3 is 2.81 bits per heavy atom. The maximum absolute atomic E-state index is 11.7. The number of hydrogen-bond acceptors (Lipinski definition) is 3. The Balaban J connectivity index is 2.80. The largest absolute Gasteiger partial charge is 0.363 e. The van der Waals surface area contributed by atoms with Crippen LogP contribution >= 0.6 is 0 Å². The van der Waals surface area contributed by atoms with E-state index in [9.17, 15) is 9.59 Å². The Labute approximate surface area is 96.0 Å². The summed E-state index contributed by atoms with van der Waals surface area (Å²) in [5.41, 5.74) is 0.993. The van der Waals surface area contributed by atoms with Gasteiger partial charge in [-0.05, 0) is 26.3 Å². The minimum absolute atomic E-state index is 0.178. The van der Waals surface area contributed by atoms with Gasteiger partial charge in [0.25, 0.3) is 0 Å². The molecule has 1 aliphatic heterocycles. The standard InChI is InChI=1S/C12H18N2O2/c1-4-6-9(3)14(5-2)10-7-8-11(15)13-12(10)16/h4,6,10H,1,5,7-8H2,2-3H3,(H,13,15,16)/b9-6+. The zero-order valence-corrected chi connectivity index (χ0v) is 9.82. The number of likely N-dealkylation sites (N-methyl/N-ethyl adjacent to an activating group) is 1. The molecule has 1 saturated heterocycles. The predicted octanol–water partition coefficient (Wildman–Crippen LogP) is 1.20. The lowest BCUT2D eigenvalue weighted by Crippen LogP contribution is -2.51. The van der Waals surface area contributed by atoms with Gasteiger partial charge in [0.05, 0.1) is 0 Å². The van der Waals surface area contributed by atoms with E-state index in [2.05, 4.69) is 11.9 Å². The average molecular weight is 222 g/mol. The molecule has 0 aromatic rings. The van der Waals surface area contributed by atoms with Gasteiger partial charge in [0.2, 0.25) is 11.8 Å². The Hall–Kier alpha value is -1.58. The second kappa shape index (κ2) is 5.49. The summed E-state index contributed by atoms with van der Waals surface area (Å²) < 4.78 is 0. The number of allylic oxidation sites excluding steroid dienone is 3. The van der Waals surface area contributed by atoms with Crippen molar-refractivity contribution in [2.24, 2.45) is 0 Å². The number of hydrogen-bond donors (Lipinski definition) is 1. The number of piperidine rings is 1.